The zero-order valence-corrected chi connectivity index (χ0v) is 18.5. The van der Waals surface area contributed by atoms with Crippen molar-refractivity contribution in [3.63, 3.8) is 0 Å². The summed E-state index contributed by atoms with van der Waals surface area (Å²) in [6.07, 6.45) is 0. The predicted octanol–water partition coefficient (Wildman–Crippen LogP) is 3.95. The fraction of sp³-hybridized carbons (Fsp3) is 0.381. The van der Waals surface area contributed by atoms with E-state index in [9.17, 15) is 13.7 Å². The van der Waals surface area contributed by atoms with Crippen molar-refractivity contribution in [2.45, 2.75) is 42.4 Å². The summed E-state index contributed by atoms with van der Waals surface area (Å²) in [6, 6.07) is 13.0. The minimum absolute atomic E-state index is 0.150. The van der Waals surface area contributed by atoms with E-state index in [0.29, 0.717) is 23.5 Å². The largest absolute Gasteiger partial charge is 0.303 e. The summed E-state index contributed by atoms with van der Waals surface area (Å²) in [5.74, 6) is 0. The molecule has 0 amide bonds. The first-order chi connectivity index (χ1) is 13.3. The first-order valence-corrected chi connectivity index (χ1v) is 11.6. The molecule has 0 saturated heterocycles. The van der Waals surface area contributed by atoms with Crippen LogP contribution >= 0.6 is 11.8 Å². The third-order valence-electron chi connectivity index (χ3n) is 4.54. The molecule has 0 radical (unpaired) electrons. The average molecular weight is 418 g/mol. The Hall–Kier alpha value is -1.85. The van der Waals surface area contributed by atoms with Crippen molar-refractivity contribution in [1.29, 1.82) is 5.26 Å². The first-order valence-electron chi connectivity index (χ1n) is 9.32. The molecule has 0 atom stereocenters. The van der Waals surface area contributed by atoms with Gasteiger partial charge in [-0.1, -0.05) is 37.7 Å². The topological polar surface area (TPSA) is 73.2 Å². The van der Waals surface area contributed by atoms with Crippen LogP contribution in [0.5, 0.6) is 0 Å². The van der Waals surface area contributed by atoms with Gasteiger partial charge in [0.1, 0.15) is 0 Å². The molecule has 1 N–H and O–H groups in total. The smallest absolute Gasteiger partial charge is 0.241 e. The number of nitrogens with zero attached hydrogens (tertiary/aromatic N) is 2. The highest BCUT2D eigenvalue weighted by molar-refractivity contribution is 8.00. The van der Waals surface area contributed by atoms with Gasteiger partial charge in [0.25, 0.3) is 0 Å². The molecule has 0 aliphatic heterocycles. The van der Waals surface area contributed by atoms with E-state index in [1.54, 1.807) is 12.1 Å². The van der Waals surface area contributed by atoms with E-state index < -0.39 is 10.0 Å². The van der Waals surface area contributed by atoms with Crippen LogP contribution in [0.3, 0.4) is 0 Å². The van der Waals surface area contributed by atoms with E-state index >= 15 is 0 Å². The Morgan fingerprint density at radius 2 is 1.79 bits per heavy atom. The Balaban J connectivity index is 2.33. The van der Waals surface area contributed by atoms with Crippen molar-refractivity contribution in [3.8, 4) is 6.07 Å². The second-order valence-corrected chi connectivity index (χ2v) is 9.39. The van der Waals surface area contributed by atoms with Gasteiger partial charge in [-0.15, -0.1) is 0 Å². The number of hydrogen-bond donors (Lipinski definition) is 1. The Labute approximate surface area is 172 Å². The van der Waals surface area contributed by atoms with Crippen LogP contribution in [0.2, 0.25) is 0 Å². The Morgan fingerprint density at radius 1 is 1.07 bits per heavy atom. The summed E-state index contributed by atoms with van der Waals surface area (Å²) in [4.78, 5) is 3.92. The summed E-state index contributed by atoms with van der Waals surface area (Å²) in [5.41, 5.74) is 2.52. The van der Waals surface area contributed by atoms with Crippen molar-refractivity contribution in [2.24, 2.45) is 0 Å². The molecular weight excluding hydrogens is 390 g/mol. The quantitative estimate of drug-likeness (QED) is 0.669. The number of benzene rings is 2. The fourth-order valence-corrected chi connectivity index (χ4v) is 5.35. The molecule has 0 heterocycles. The van der Waals surface area contributed by atoms with Crippen molar-refractivity contribution >= 4 is 21.8 Å². The third-order valence-corrected chi connectivity index (χ3v) is 7.41. The van der Waals surface area contributed by atoms with Gasteiger partial charge < -0.3 is 4.90 Å². The van der Waals surface area contributed by atoms with E-state index in [1.807, 2.05) is 52.0 Å². The molecule has 0 fully saturated rings. The summed E-state index contributed by atoms with van der Waals surface area (Å²) in [5, 5.41) is 9.22. The molecule has 7 heteroatoms. The summed E-state index contributed by atoms with van der Waals surface area (Å²) in [7, 11) is -3.73. The van der Waals surface area contributed by atoms with Crippen molar-refractivity contribution in [3.05, 3.63) is 53.1 Å². The molecule has 0 aliphatic rings. The highest BCUT2D eigenvalue weighted by Crippen LogP contribution is 2.35. The van der Waals surface area contributed by atoms with Crippen LogP contribution in [0.25, 0.3) is 0 Å². The van der Waals surface area contributed by atoms with Gasteiger partial charge in [-0.3, -0.25) is 0 Å². The maximum absolute atomic E-state index is 13.0. The van der Waals surface area contributed by atoms with E-state index in [-0.39, 0.29) is 4.90 Å². The van der Waals surface area contributed by atoms with E-state index in [0.717, 1.165) is 29.1 Å². The van der Waals surface area contributed by atoms with Gasteiger partial charge in [-0.2, -0.15) is 5.26 Å². The second kappa shape index (κ2) is 10.1. The molecule has 2 aromatic carbocycles. The van der Waals surface area contributed by atoms with Gasteiger partial charge in [-0.05, 0) is 62.3 Å². The lowest BCUT2D eigenvalue weighted by Gasteiger charge is -2.18. The monoisotopic (exact) mass is 417 g/mol. The van der Waals surface area contributed by atoms with E-state index in [4.69, 9.17) is 0 Å². The Bertz CT molecular complexity index is 962. The molecule has 28 heavy (non-hydrogen) atoms. The molecule has 5 nitrogen and oxygen atoms in total. The number of nitrogens with one attached hydrogen (secondary N) is 1. The molecule has 0 saturated carbocycles. The van der Waals surface area contributed by atoms with Crippen LogP contribution < -0.4 is 4.72 Å². The maximum atomic E-state index is 13.0. The van der Waals surface area contributed by atoms with Gasteiger partial charge in [0.15, 0.2) is 0 Å². The van der Waals surface area contributed by atoms with E-state index in [2.05, 4.69) is 9.62 Å². The third kappa shape index (κ3) is 5.82. The minimum atomic E-state index is -3.73. The lowest BCUT2D eigenvalue weighted by atomic mass is 10.2. The van der Waals surface area contributed by atoms with Crippen molar-refractivity contribution in [1.82, 2.24) is 9.62 Å². The maximum Gasteiger partial charge on any atom is 0.241 e. The molecule has 2 aromatic rings. The van der Waals surface area contributed by atoms with Crippen molar-refractivity contribution in [2.75, 3.05) is 26.2 Å². The van der Waals surface area contributed by atoms with Gasteiger partial charge in [-0.25, -0.2) is 13.1 Å². The normalized spacial score (nSPS) is 11.6. The van der Waals surface area contributed by atoms with Crippen LogP contribution in [0.15, 0.2) is 51.1 Å². The number of likely N-dealkylation sites (N-methyl/N-ethyl adjacent to an activating group) is 1. The van der Waals surface area contributed by atoms with Gasteiger partial charge in [0.2, 0.25) is 10.0 Å². The first kappa shape index (κ1) is 22.4. The standard InChI is InChI=1S/C21H27N3O2S2/c1-5-24(6-2)12-11-23-28(25,26)21-14-18(15-22)9-10-19(21)27-20-13-16(3)7-8-17(20)4/h7-10,13-14,23H,5-6,11-12H2,1-4H3. The summed E-state index contributed by atoms with van der Waals surface area (Å²) >= 11 is 1.41. The number of aryl methyl sites for hydroxylation is 2. The molecule has 2 rings (SSSR count). The molecular formula is C21H27N3O2S2. The summed E-state index contributed by atoms with van der Waals surface area (Å²) < 4.78 is 28.6. The Morgan fingerprint density at radius 3 is 2.43 bits per heavy atom. The van der Waals surface area contributed by atoms with Crippen LogP contribution in [-0.2, 0) is 10.0 Å². The lowest BCUT2D eigenvalue weighted by molar-refractivity contribution is 0.309. The van der Waals surface area contributed by atoms with Gasteiger partial charge >= 0.3 is 0 Å². The molecule has 0 unspecified atom stereocenters. The number of nitriles is 1. The highest BCUT2D eigenvalue weighted by Gasteiger charge is 2.20. The Kier molecular flexibility index (Phi) is 8.08. The zero-order valence-electron chi connectivity index (χ0n) is 16.8. The van der Waals surface area contributed by atoms with Crippen molar-refractivity contribution < 1.29 is 8.42 Å². The van der Waals surface area contributed by atoms with Crippen LogP contribution in [0.4, 0.5) is 0 Å². The second-order valence-electron chi connectivity index (χ2n) is 6.57. The zero-order chi connectivity index (χ0) is 20.7. The van der Waals surface area contributed by atoms with Crippen LogP contribution in [0, 0.1) is 25.2 Å². The molecule has 0 spiro atoms. The minimum Gasteiger partial charge on any atom is -0.303 e. The number of rotatable bonds is 9. The van der Waals surface area contributed by atoms with Crippen LogP contribution in [-0.4, -0.2) is 39.5 Å². The van der Waals surface area contributed by atoms with Gasteiger partial charge in [0.05, 0.1) is 16.5 Å². The highest BCUT2D eigenvalue weighted by atomic mass is 32.2. The van der Waals surface area contributed by atoms with Gasteiger partial charge in [0, 0.05) is 22.9 Å². The predicted molar refractivity (Wildman–Crippen MR) is 114 cm³/mol. The summed E-state index contributed by atoms with van der Waals surface area (Å²) in [6.45, 7) is 10.8. The average Bonchev–Trinajstić information content (AvgIpc) is 2.68. The molecule has 150 valence electrons. The molecule has 0 bridgehead atoms. The lowest BCUT2D eigenvalue weighted by Crippen LogP contribution is -2.35. The van der Waals surface area contributed by atoms with E-state index in [1.165, 1.54) is 17.8 Å². The SMILES string of the molecule is CCN(CC)CCNS(=O)(=O)c1cc(C#N)ccc1Sc1cc(C)ccc1C. The molecule has 0 aromatic heterocycles. The van der Waals surface area contributed by atoms with Crippen LogP contribution in [0.1, 0.15) is 30.5 Å². The number of sulfonamides is 1. The fourth-order valence-electron chi connectivity index (χ4n) is 2.76. The number of hydrogen-bond acceptors (Lipinski definition) is 5. The molecule has 0 aliphatic carbocycles.